The number of aryl methyl sites for hydroxylation is 1. The van der Waals surface area contributed by atoms with Crippen molar-refractivity contribution in [3.63, 3.8) is 0 Å². The molecule has 20 heavy (non-hydrogen) atoms. The van der Waals surface area contributed by atoms with E-state index in [1.54, 1.807) is 6.20 Å². The lowest BCUT2D eigenvalue weighted by Crippen LogP contribution is -2.07. The topological polar surface area (TPSA) is 54.0 Å². The molecule has 0 spiro atoms. The minimum absolute atomic E-state index is 0.0876. The summed E-state index contributed by atoms with van der Waals surface area (Å²) in [5, 5.41) is 5.96. The highest BCUT2D eigenvalue weighted by atomic mass is 16.1. The summed E-state index contributed by atoms with van der Waals surface area (Å²) in [4.78, 5) is 15.1. The molecule has 1 heterocycles. The van der Waals surface area contributed by atoms with Crippen LogP contribution in [-0.4, -0.2) is 17.4 Å². The molecule has 0 saturated carbocycles. The Balaban J connectivity index is 1.73. The van der Waals surface area contributed by atoms with Crippen LogP contribution in [0.3, 0.4) is 0 Å². The number of benzene rings is 1. The largest absolute Gasteiger partial charge is 0.370 e. The summed E-state index contributed by atoms with van der Waals surface area (Å²) >= 11 is 0. The maximum absolute atomic E-state index is 10.9. The van der Waals surface area contributed by atoms with Gasteiger partial charge in [-0.3, -0.25) is 4.79 Å². The lowest BCUT2D eigenvalue weighted by molar-refractivity contribution is -0.114. The highest BCUT2D eigenvalue weighted by Crippen LogP contribution is 2.10. The van der Waals surface area contributed by atoms with E-state index in [9.17, 15) is 4.79 Å². The first-order chi connectivity index (χ1) is 9.74. The van der Waals surface area contributed by atoms with Gasteiger partial charge in [0.2, 0.25) is 5.91 Å². The molecular formula is C16H19N3O. The zero-order chi connectivity index (χ0) is 14.2. The standard InChI is InChI=1S/C16H19N3O/c1-13(20)19-15-9-10-16(18-12-15)17-11-5-8-14-6-3-2-4-7-14/h2-4,6-7,9-10,12H,5,8,11H2,1H3,(H,17,18)(H,19,20). The van der Waals surface area contributed by atoms with Crippen molar-refractivity contribution in [1.82, 2.24) is 4.98 Å². The van der Waals surface area contributed by atoms with E-state index in [4.69, 9.17) is 0 Å². The third-order valence-corrected chi connectivity index (χ3v) is 2.88. The average Bonchev–Trinajstić information content (AvgIpc) is 2.46. The normalized spacial score (nSPS) is 10.1. The second kappa shape index (κ2) is 7.28. The fraction of sp³-hybridized carbons (Fsp3) is 0.250. The summed E-state index contributed by atoms with van der Waals surface area (Å²) in [5.41, 5.74) is 2.07. The number of nitrogens with one attached hydrogen (secondary N) is 2. The Hall–Kier alpha value is -2.36. The fourth-order valence-electron chi connectivity index (χ4n) is 1.93. The van der Waals surface area contributed by atoms with E-state index in [-0.39, 0.29) is 5.91 Å². The molecule has 0 atom stereocenters. The summed E-state index contributed by atoms with van der Waals surface area (Å²) in [7, 11) is 0. The van der Waals surface area contributed by atoms with E-state index in [1.165, 1.54) is 12.5 Å². The Bertz CT molecular complexity index is 537. The van der Waals surface area contributed by atoms with Gasteiger partial charge in [-0.2, -0.15) is 0 Å². The Morgan fingerprint density at radius 1 is 1.15 bits per heavy atom. The fourth-order valence-corrected chi connectivity index (χ4v) is 1.93. The lowest BCUT2D eigenvalue weighted by Gasteiger charge is -2.07. The van der Waals surface area contributed by atoms with E-state index >= 15 is 0 Å². The molecule has 0 bridgehead atoms. The molecular weight excluding hydrogens is 250 g/mol. The van der Waals surface area contributed by atoms with Crippen LogP contribution in [0.25, 0.3) is 0 Å². The number of anilines is 2. The number of nitrogens with zero attached hydrogens (tertiary/aromatic N) is 1. The van der Waals surface area contributed by atoms with E-state index in [0.29, 0.717) is 5.69 Å². The maximum Gasteiger partial charge on any atom is 0.221 e. The number of aromatic nitrogens is 1. The second-order valence-corrected chi connectivity index (χ2v) is 4.63. The van der Waals surface area contributed by atoms with E-state index in [2.05, 4.69) is 39.9 Å². The zero-order valence-corrected chi connectivity index (χ0v) is 11.6. The second-order valence-electron chi connectivity index (χ2n) is 4.63. The first-order valence-electron chi connectivity index (χ1n) is 6.75. The van der Waals surface area contributed by atoms with Gasteiger partial charge in [-0.25, -0.2) is 4.98 Å². The van der Waals surface area contributed by atoms with Crippen LogP contribution in [-0.2, 0) is 11.2 Å². The van der Waals surface area contributed by atoms with Gasteiger partial charge in [0.1, 0.15) is 5.82 Å². The molecule has 2 rings (SSSR count). The minimum atomic E-state index is -0.0876. The molecule has 1 amide bonds. The monoisotopic (exact) mass is 269 g/mol. The molecule has 4 nitrogen and oxygen atoms in total. The summed E-state index contributed by atoms with van der Waals surface area (Å²) in [6.45, 7) is 2.36. The predicted octanol–water partition coefficient (Wildman–Crippen LogP) is 3.08. The molecule has 104 valence electrons. The van der Waals surface area contributed by atoms with E-state index in [0.717, 1.165) is 25.2 Å². The Morgan fingerprint density at radius 2 is 1.95 bits per heavy atom. The number of hydrogen-bond acceptors (Lipinski definition) is 3. The van der Waals surface area contributed by atoms with Crippen LogP contribution in [0, 0.1) is 0 Å². The van der Waals surface area contributed by atoms with Crippen molar-refractivity contribution in [2.24, 2.45) is 0 Å². The molecule has 1 aromatic carbocycles. The van der Waals surface area contributed by atoms with Crippen LogP contribution in [0.2, 0.25) is 0 Å². The van der Waals surface area contributed by atoms with Crippen molar-refractivity contribution in [1.29, 1.82) is 0 Å². The number of hydrogen-bond donors (Lipinski definition) is 2. The molecule has 4 heteroatoms. The Kier molecular flexibility index (Phi) is 5.12. The van der Waals surface area contributed by atoms with Crippen LogP contribution < -0.4 is 10.6 Å². The molecule has 0 fully saturated rings. The highest BCUT2D eigenvalue weighted by Gasteiger charge is 1.97. The molecule has 2 aromatic rings. The SMILES string of the molecule is CC(=O)Nc1ccc(NCCCc2ccccc2)nc1. The molecule has 2 N–H and O–H groups in total. The Labute approximate surface area is 119 Å². The summed E-state index contributed by atoms with van der Waals surface area (Å²) in [5.74, 6) is 0.738. The van der Waals surface area contributed by atoms with Crippen LogP contribution >= 0.6 is 0 Å². The molecule has 0 saturated heterocycles. The number of pyridine rings is 1. The predicted molar refractivity (Wildman–Crippen MR) is 81.8 cm³/mol. The molecule has 0 aliphatic heterocycles. The van der Waals surface area contributed by atoms with Crippen LogP contribution in [0.1, 0.15) is 18.9 Å². The van der Waals surface area contributed by atoms with Crippen LogP contribution in [0.15, 0.2) is 48.7 Å². The van der Waals surface area contributed by atoms with Gasteiger partial charge in [0, 0.05) is 13.5 Å². The molecule has 0 radical (unpaired) electrons. The van der Waals surface area contributed by atoms with Gasteiger partial charge < -0.3 is 10.6 Å². The van der Waals surface area contributed by atoms with Crippen molar-refractivity contribution in [3.8, 4) is 0 Å². The van der Waals surface area contributed by atoms with Crippen molar-refractivity contribution in [3.05, 3.63) is 54.2 Å². The van der Waals surface area contributed by atoms with E-state index < -0.39 is 0 Å². The van der Waals surface area contributed by atoms with Crippen molar-refractivity contribution < 1.29 is 4.79 Å². The van der Waals surface area contributed by atoms with Gasteiger partial charge in [0.05, 0.1) is 11.9 Å². The van der Waals surface area contributed by atoms with E-state index in [1.807, 2.05) is 18.2 Å². The lowest BCUT2D eigenvalue weighted by atomic mass is 10.1. The number of carbonyl (C=O) groups is 1. The summed E-state index contributed by atoms with van der Waals surface area (Å²) < 4.78 is 0. The van der Waals surface area contributed by atoms with Crippen molar-refractivity contribution >= 4 is 17.4 Å². The smallest absolute Gasteiger partial charge is 0.221 e. The number of amides is 1. The zero-order valence-electron chi connectivity index (χ0n) is 11.6. The van der Waals surface area contributed by atoms with Crippen molar-refractivity contribution in [2.75, 3.05) is 17.2 Å². The maximum atomic E-state index is 10.9. The van der Waals surface area contributed by atoms with Crippen LogP contribution in [0.5, 0.6) is 0 Å². The third kappa shape index (κ3) is 4.72. The van der Waals surface area contributed by atoms with Gasteiger partial charge >= 0.3 is 0 Å². The third-order valence-electron chi connectivity index (χ3n) is 2.88. The molecule has 1 aromatic heterocycles. The highest BCUT2D eigenvalue weighted by molar-refractivity contribution is 5.88. The number of rotatable bonds is 6. The first-order valence-corrected chi connectivity index (χ1v) is 6.75. The first kappa shape index (κ1) is 14.1. The summed E-state index contributed by atoms with van der Waals surface area (Å²) in [6.07, 6.45) is 3.76. The minimum Gasteiger partial charge on any atom is -0.370 e. The van der Waals surface area contributed by atoms with Gasteiger partial charge in [0.15, 0.2) is 0 Å². The van der Waals surface area contributed by atoms with Gasteiger partial charge in [-0.05, 0) is 30.5 Å². The molecule has 0 aliphatic carbocycles. The summed E-state index contributed by atoms with van der Waals surface area (Å²) in [6, 6.07) is 14.1. The quantitative estimate of drug-likeness (QED) is 0.792. The Morgan fingerprint density at radius 3 is 2.60 bits per heavy atom. The van der Waals surface area contributed by atoms with Crippen molar-refractivity contribution in [2.45, 2.75) is 19.8 Å². The molecule has 0 aliphatic rings. The van der Waals surface area contributed by atoms with Crippen LogP contribution in [0.4, 0.5) is 11.5 Å². The number of carbonyl (C=O) groups excluding carboxylic acids is 1. The van der Waals surface area contributed by atoms with Gasteiger partial charge in [0.25, 0.3) is 0 Å². The average molecular weight is 269 g/mol. The van der Waals surface area contributed by atoms with Gasteiger partial charge in [-0.15, -0.1) is 0 Å². The van der Waals surface area contributed by atoms with Gasteiger partial charge in [-0.1, -0.05) is 30.3 Å². The molecule has 0 unspecified atom stereocenters.